The van der Waals surface area contributed by atoms with Crippen molar-refractivity contribution >= 4 is 46.8 Å². The number of carbonyl (C=O) groups is 2. The maximum Gasteiger partial charge on any atom is 0.243 e. The van der Waals surface area contributed by atoms with Crippen molar-refractivity contribution in [1.82, 2.24) is 10.2 Å². The zero-order chi connectivity index (χ0) is 23.6. The predicted molar refractivity (Wildman–Crippen MR) is 139 cm³/mol. The highest BCUT2D eigenvalue weighted by Gasteiger charge is 2.31. The van der Waals surface area contributed by atoms with Crippen LogP contribution in [0.1, 0.15) is 56.6 Å². The summed E-state index contributed by atoms with van der Waals surface area (Å²) in [7, 11) is 0. The summed E-state index contributed by atoms with van der Waals surface area (Å²) in [4.78, 5) is 28.2. The first-order valence-corrected chi connectivity index (χ1v) is 13.5. The lowest BCUT2D eigenvalue weighted by Gasteiger charge is -2.32. The third-order valence-electron chi connectivity index (χ3n) is 6.05. The van der Waals surface area contributed by atoms with E-state index in [9.17, 15) is 9.59 Å². The maximum absolute atomic E-state index is 13.4. The molecular weight excluding hydrogens is 475 g/mol. The highest BCUT2D eigenvalue weighted by Crippen LogP contribution is 2.28. The van der Waals surface area contributed by atoms with Crippen LogP contribution in [0.25, 0.3) is 0 Å². The van der Waals surface area contributed by atoms with E-state index in [1.54, 1.807) is 34.9 Å². The zero-order valence-corrected chi connectivity index (χ0v) is 21.4. The second-order valence-electron chi connectivity index (χ2n) is 8.42. The Kier molecular flexibility index (Phi) is 10.4. The molecule has 1 aliphatic rings. The number of hydrogen-bond acceptors (Lipinski definition) is 3. The lowest BCUT2D eigenvalue weighted by molar-refractivity contribution is -0.141. The van der Waals surface area contributed by atoms with Gasteiger partial charge in [0.1, 0.15) is 6.04 Å². The average Bonchev–Trinajstić information content (AvgIpc) is 3.32. The smallest absolute Gasteiger partial charge is 0.243 e. The SMILES string of the molecule is CC[C@@H](C(=O)NC1CCCC1)N(Cc1c(Cl)cccc1Cl)C(=O)CCSCc1ccccc1. The largest absolute Gasteiger partial charge is 0.352 e. The first-order chi connectivity index (χ1) is 16.0. The zero-order valence-electron chi connectivity index (χ0n) is 19.1. The van der Waals surface area contributed by atoms with Crippen LogP contribution in [0.5, 0.6) is 0 Å². The molecule has 0 unspecified atom stereocenters. The Labute approximate surface area is 211 Å². The molecule has 1 atom stereocenters. The van der Waals surface area contributed by atoms with Crippen molar-refractivity contribution in [3.63, 3.8) is 0 Å². The Morgan fingerprint density at radius 1 is 1.06 bits per heavy atom. The third kappa shape index (κ3) is 7.66. The number of nitrogens with zero attached hydrogens (tertiary/aromatic N) is 1. The second-order valence-corrected chi connectivity index (χ2v) is 10.3. The van der Waals surface area contributed by atoms with Crippen molar-refractivity contribution in [2.75, 3.05) is 5.75 Å². The first-order valence-electron chi connectivity index (χ1n) is 11.6. The molecule has 0 radical (unpaired) electrons. The molecule has 1 aliphatic carbocycles. The number of carbonyl (C=O) groups excluding carboxylic acids is 2. The number of rotatable bonds is 11. The summed E-state index contributed by atoms with van der Waals surface area (Å²) in [5.41, 5.74) is 1.91. The fourth-order valence-corrected chi connectivity index (χ4v) is 5.62. The molecule has 2 aromatic rings. The molecule has 0 aromatic heterocycles. The van der Waals surface area contributed by atoms with E-state index >= 15 is 0 Å². The van der Waals surface area contributed by atoms with E-state index < -0.39 is 6.04 Å². The van der Waals surface area contributed by atoms with E-state index in [1.165, 1.54) is 5.56 Å². The Morgan fingerprint density at radius 3 is 2.36 bits per heavy atom. The lowest BCUT2D eigenvalue weighted by atomic mass is 10.1. The summed E-state index contributed by atoms with van der Waals surface area (Å²) in [6, 6.07) is 15.2. The van der Waals surface area contributed by atoms with Crippen LogP contribution in [0.2, 0.25) is 10.0 Å². The van der Waals surface area contributed by atoms with Gasteiger partial charge in [0.25, 0.3) is 0 Å². The number of hydrogen-bond donors (Lipinski definition) is 1. The number of nitrogens with one attached hydrogen (secondary N) is 1. The predicted octanol–water partition coefficient (Wildman–Crippen LogP) is 6.48. The summed E-state index contributed by atoms with van der Waals surface area (Å²) >= 11 is 14.5. The van der Waals surface area contributed by atoms with Gasteiger partial charge in [0.05, 0.1) is 0 Å². The Morgan fingerprint density at radius 2 is 1.73 bits per heavy atom. The molecular formula is C26H32Cl2N2O2S. The summed E-state index contributed by atoms with van der Waals surface area (Å²) in [6.07, 6.45) is 5.16. The van der Waals surface area contributed by atoms with E-state index in [1.807, 2.05) is 25.1 Å². The number of benzene rings is 2. The van der Waals surface area contributed by atoms with E-state index in [2.05, 4.69) is 17.4 Å². The normalized spacial score (nSPS) is 14.8. The van der Waals surface area contributed by atoms with Gasteiger partial charge in [-0.2, -0.15) is 11.8 Å². The third-order valence-corrected chi connectivity index (χ3v) is 7.79. The van der Waals surface area contributed by atoms with Gasteiger partial charge in [0.2, 0.25) is 11.8 Å². The van der Waals surface area contributed by atoms with Gasteiger partial charge in [-0.25, -0.2) is 0 Å². The van der Waals surface area contributed by atoms with E-state index in [0.29, 0.717) is 34.2 Å². The van der Waals surface area contributed by atoms with Crippen LogP contribution in [0.4, 0.5) is 0 Å². The summed E-state index contributed by atoms with van der Waals surface area (Å²) in [6.45, 7) is 2.16. The van der Waals surface area contributed by atoms with Gasteiger partial charge in [-0.05, 0) is 37.0 Å². The van der Waals surface area contributed by atoms with Crippen molar-refractivity contribution in [3.8, 4) is 0 Å². The van der Waals surface area contributed by atoms with E-state index in [-0.39, 0.29) is 24.4 Å². The van der Waals surface area contributed by atoms with Gasteiger partial charge in [-0.15, -0.1) is 0 Å². The maximum atomic E-state index is 13.4. The quantitative estimate of drug-likeness (QED) is 0.354. The van der Waals surface area contributed by atoms with Crippen molar-refractivity contribution in [1.29, 1.82) is 0 Å². The Balaban J connectivity index is 1.70. The van der Waals surface area contributed by atoms with Crippen LogP contribution in [0.15, 0.2) is 48.5 Å². The van der Waals surface area contributed by atoms with Gasteiger partial charge in [-0.3, -0.25) is 9.59 Å². The summed E-state index contributed by atoms with van der Waals surface area (Å²) < 4.78 is 0. The van der Waals surface area contributed by atoms with Crippen LogP contribution in [0.3, 0.4) is 0 Å². The fraction of sp³-hybridized carbons (Fsp3) is 0.462. The summed E-state index contributed by atoms with van der Waals surface area (Å²) in [5, 5.41) is 4.17. The second kappa shape index (κ2) is 13.3. The van der Waals surface area contributed by atoms with E-state index in [0.717, 1.165) is 31.4 Å². The van der Waals surface area contributed by atoms with Crippen LogP contribution in [-0.4, -0.2) is 34.6 Å². The van der Waals surface area contributed by atoms with Crippen LogP contribution < -0.4 is 5.32 Å². The van der Waals surface area contributed by atoms with Crippen LogP contribution >= 0.6 is 35.0 Å². The molecule has 0 saturated heterocycles. The summed E-state index contributed by atoms with van der Waals surface area (Å²) in [5.74, 6) is 1.39. The van der Waals surface area contributed by atoms with E-state index in [4.69, 9.17) is 23.2 Å². The molecule has 0 spiro atoms. The first kappa shape index (κ1) is 25.9. The molecule has 0 bridgehead atoms. The topological polar surface area (TPSA) is 49.4 Å². The molecule has 2 aromatic carbocycles. The number of halogens is 2. The van der Waals surface area contributed by atoms with Crippen molar-refractivity contribution in [2.45, 2.75) is 69.8 Å². The number of amides is 2. The molecule has 1 N–H and O–H groups in total. The minimum absolute atomic E-state index is 0.0556. The monoisotopic (exact) mass is 506 g/mol. The lowest BCUT2D eigenvalue weighted by Crippen LogP contribution is -2.51. The van der Waals surface area contributed by atoms with Crippen molar-refractivity contribution < 1.29 is 9.59 Å². The van der Waals surface area contributed by atoms with Gasteiger partial charge in [0, 0.05) is 46.1 Å². The molecule has 0 aliphatic heterocycles. The molecule has 33 heavy (non-hydrogen) atoms. The molecule has 0 heterocycles. The van der Waals surface area contributed by atoms with Gasteiger partial charge >= 0.3 is 0 Å². The fourth-order valence-electron chi connectivity index (χ4n) is 4.21. The molecule has 1 saturated carbocycles. The molecule has 178 valence electrons. The minimum Gasteiger partial charge on any atom is -0.352 e. The molecule has 1 fully saturated rings. The molecule has 4 nitrogen and oxygen atoms in total. The molecule has 3 rings (SSSR count). The Bertz CT molecular complexity index is 900. The van der Waals surface area contributed by atoms with Gasteiger partial charge in [0.15, 0.2) is 0 Å². The highest BCUT2D eigenvalue weighted by molar-refractivity contribution is 7.98. The van der Waals surface area contributed by atoms with Crippen molar-refractivity contribution in [3.05, 3.63) is 69.7 Å². The number of thioether (sulfide) groups is 1. The van der Waals surface area contributed by atoms with Gasteiger partial charge < -0.3 is 10.2 Å². The molecule has 2 amide bonds. The highest BCUT2D eigenvalue weighted by atomic mass is 35.5. The van der Waals surface area contributed by atoms with Gasteiger partial charge in [-0.1, -0.05) is 79.4 Å². The van der Waals surface area contributed by atoms with Crippen molar-refractivity contribution in [2.24, 2.45) is 0 Å². The minimum atomic E-state index is -0.551. The average molecular weight is 508 g/mol. The Hall–Kier alpha value is -1.69. The molecule has 7 heteroatoms. The van der Waals surface area contributed by atoms with Crippen LogP contribution in [-0.2, 0) is 21.9 Å². The van der Waals surface area contributed by atoms with Crippen LogP contribution in [0, 0.1) is 0 Å². The standard InChI is InChI=1S/C26H32Cl2N2O2S/c1-2-24(26(32)29-20-11-6-7-12-20)30(17-21-22(27)13-8-14-23(21)28)25(31)15-16-33-18-19-9-4-3-5-10-19/h3-5,8-10,13-14,20,24H,2,6-7,11-12,15-18H2,1H3,(H,29,32)/t24-/m0/s1.